The average molecular weight is 596 g/mol. The van der Waals surface area contributed by atoms with Crippen LogP contribution in [-0.2, 0) is 30.2 Å². The zero-order chi connectivity index (χ0) is 30.5. The van der Waals surface area contributed by atoms with Gasteiger partial charge in [-0.15, -0.1) is 6.58 Å². The van der Waals surface area contributed by atoms with Crippen molar-refractivity contribution < 1.29 is 36.6 Å². The molecule has 4 atom stereocenters. The minimum atomic E-state index is -4.17. The van der Waals surface area contributed by atoms with Crippen LogP contribution >= 0.6 is 0 Å². The van der Waals surface area contributed by atoms with Crippen LogP contribution in [0.3, 0.4) is 0 Å². The topological polar surface area (TPSA) is 142 Å². The van der Waals surface area contributed by atoms with Gasteiger partial charge in [0.05, 0.1) is 11.2 Å². The van der Waals surface area contributed by atoms with Crippen molar-refractivity contribution in [3.63, 3.8) is 0 Å². The molecule has 0 radical (unpaired) electrons. The van der Waals surface area contributed by atoms with E-state index in [0.717, 1.165) is 32.2 Å². The summed E-state index contributed by atoms with van der Waals surface area (Å²) in [5.74, 6) is -2.17. The molecule has 0 spiro atoms. The van der Waals surface area contributed by atoms with Crippen LogP contribution in [0.25, 0.3) is 0 Å². The van der Waals surface area contributed by atoms with Gasteiger partial charge in [-0.05, 0) is 52.5 Å². The molecule has 40 heavy (non-hydrogen) atoms. The Balaban J connectivity index is 0.000000394. The Morgan fingerprint density at radius 1 is 1.05 bits per heavy atom. The van der Waals surface area contributed by atoms with E-state index in [-0.39, 0.29) is 67.8 Å². The summed E-state index contributed by atoms with van der Waals surface area (Å²) in [5, 5.41) is 2.48. The second kappa shape index (κ2) is 17.4. The molecule has 3 unspecified atom stereocenters. The Bertz CT molecular complexity index is 879. The number of nitrogens with one attached hydrogen (secondary N) is 2. The first-order valence-electron chi connectivity index (χ1n) is 13.6. The number of nitrogens with two attached hydrogens (primary N) is 1. The molecule has 0 bridgehead atoms. The van der Waals surface area contributed by atoms with Crippen LogP contribution in [0, 0.1) is 11.8 Å². The van der Waals surface area contributed by atoms with E-state index in [1.165, 1.54) is 11.9 Å². The van der Waals surface area contributed by atoms with E-state index in [0.29, 0.717) is 6.41 Å². The van der Waals surface area contributed by atoms with E-state index in [1.54, 1.807) is 17.9 Å². The van der Waals surface area contributed by atoms with E-state index < -0.39 is 35.0 Å². The lowest BCUT2D eigenvalue weighted by Crippen LogP contribution is -2.48. The van der Waals surface area contributed by atoms with Gasteiger partial charge in [0, 0.05) is 44.4 Å². The first-order chi connectivity index (χ1) is 18.9. The van der Waals surface area contributed by atoms with Crippen LogP contribution in [-0.4, -0.2) is 88.3 Å². The summed E-state index contributed by atoms with van der Waals surface area (Å²) >= 11 is 0. The van der Waals surface area contributed by atoms with E-state index in [1.807, 2.05) is 6.92 Å². The molecule has 1 saturated carbocycles. The van der Waals surface area contributed by atoms with Gasteiger partial charge >= 0.3 is 6.18 Å². The number of carbonyl (C=O) groups is 4. The number of likely N-dealkylation sites (tertiary alicyclic amines) is 2. The number of amides is 4. The van der Waals surface area contributed by atoms with Gasteiger partial charge in [-0.3, -0.25) is 23.9 Å². The van der Waals surface area contributed by atoms with Gasteiger partial charge < -0.3 is 20.9 Å². The van der Waals surface area contributed by atoms with Crippen LogP contribution < -0.4 is 15.8 Å². The molecular weight excluding hydrogens is 551 g/mol. The first-order valence-corrected chi connectivity index (χ1v) is 14.8. The fraction of sp³-hybridized carbons (Fsp3) is 0.769. The van der Waals surface area contributed by atoms with Crippen molar-refractivity contribution in [2.45, 2.75) is 88.7 Å². The molecule has 10 nitrogen and oxygen atoms in total. The molecule has 1 aliphatic carbocycles. The third-order valence-corrected chi connectivity index (χ3v) is 8.67. The summed E-state index contributed by atoms with van der Waals surface area (Å²) in [5.41, 5.74) is 4.50. The van der Waals surface area contributed by atoms with Crippen LogP contribution in [0.5, 0.6) is 0 Å². The minimum Gasteiger partial charge on any atom is -0.346 e. The molecule has 3 aliphatic rings. The maximum atomic E-state index is 12.6. The van der Waals surface area contributed by atoms with Crippen molar-refractivity contribution in [3.05, 3.63) is 12.7 Å². The van der Waals surface area contributed by atoms with Crippen LogP contribution in [0.2, 0.25) is 0 Å². The van der Waals surface area contributed by atoms with Gasteiger partial charge in [-0.2, -0.15) is 13.2 Å². The highest BCUT2D eigenvalue weighted by Gasteiger charge is 2.41. The zero-order valence-corrected chi connectivity index (χ0v) is 24.4. The maximum Gasteiger partial charge on any atom is 0.391 e. The van der Waals surface area contributed by atoms with Crippen molar-refractivity contribution in [2.24, 2.45) is 17.6 Å². The Morgan fingerprint density at radius 2 is 1.62 bits per heavy atom. The Kier molecular flexibility index (Phi) is 15.4. The lowest BCUT2D eigenvalue weighted by atomic mass is 9.96. The summed E-state index contributed by atoms with van der Waals surface area (Å²) in [6, 6.07) is -0.483. The predicted octanol–water partition coefficient (Wildman–Crippen LogP) is 2.02. The normalized spacial score (nSPS) is 21.4. The van der Waals surface area contributed by atoms with E-state index in [2.05, 4.69) is 22.4 Å². The minimum absolute atomic E-state index is 0.0245. The molecule has 0 aromatic heterocycles. The SMILES string of the molecule is C=CC(C)C(NC=O)C(=O)NS(=O)C1CC1.CN.C[C@@H]1CCCN1C(=O)CCC(=O)N1CCC(C(F)(F)F)CC1. The number of nitrogens with zero attached hydrogens (tertiary/aromatic N) is 2. The van der Waals surface area contributed by atoms with Crippen molar-refractivity contribution in [3.8, 4) is 0 Å². The molecule has 0 aromatic carbocycles. The Hall–Kier alpha value is -2.48. The number of rotatable bonds is 10. The van der Waals surface area contributed by atoms with Gasteiger partial charge in [0.25, 0.3) is 5.91 Å². The fourth-order valence-corrected chi connectivity index (χ4v) is 5.54. The number of hydrogen-bond acceptors (Lipinski definition) is 6. The highest BCUT2D eigenvalue weighted by Crippen LogP contribution is 2.34. The van der Waals surface area contributed by atoms with Gasteiger partial charge in [0.15, 0.2) is 0 Å². The van der Waals surface area contributed by atoms with Crippen molar-refractivity contribution >= 4 is 35.1 Å². The second-order valence-electron chi connectivity index (χ2n) is 10.1. The Morgan fingerprint density at radius 3 is 2.08 bits per heavy atom. The molecule has 230 valence electrons. The van der Waals surface area contributed by atoms with Crippen molar-refractivity contribution in [1.82, 2.24) is 19.8 Å². The van der Waals surface area contributed by atoms with Crippen molar-refractivity contribution in [2.75, 3.05) is 26.7 Å². The number of halogens is 3. The molecule has 2 saturated heterocycles. The number of piperidine rings is 1. The zero-order valence-electron chi connectivity index (χ0n) is 23.6. The summed E-state index contributed by atoms with van der Waals surface area (Å²) in [7, 11) is 0.177. The number of hydrogen-bond donors (Lipinski definition) is 3. The summed E-state index contributed by atoms with van der Waals surface area (Å²) < 4.78 is 51.6. The molecule has 3 rings (SSSR count). The highest BCUT2D eigenvalue weighted by molar-refractivity contribution is 7.84. The second-order valence-corrected chi connectivity index (χ2v) is 11.6. The molecule has 2 heterocycles. The highest BCUT2D eigenvalue weighted by atomic mass is 32.2. The monoisotopic (exact) mass is 595 g/mol. The van der Waals surface area contributed by atoms with Gasteiger partial charge in [-0.25, -0.2) is 4.21 Å². The number of alkyl halides is 3. The smallest absolute Gasteiger partial charge is 0.346 e. The van der Waals surface area contributed by atoms with Crippen LogP contribution in [0.15, 0.2) is 12.7 Å². The van der Waals surface area contributed by atoms with Crippen LogP contribution in [0.1, 0.15) is 65.2 Å². The molecular formula is C26H44F3N5O5S. The number of carbonyl (C=O) groups excluding carboxylic acids is 4. The first kappa shape index (κ1) is 35.5. The summed E-state index contributed by atoms with van der Waals surface area (Å²) in [4.78, 5) is 49.4. The fourth-order valence-electron chi connectivity index (χ4n) is 4.48. The molecule has 0 aromatic rings. The van der Waals surface area contributed by atoms with E-state index >= 15 is 0 Å². The third kappa shape index (κ3) is 11.6. The molecule has 4 N–H and O–H groups in total. The summed E-state index contributed by atoms with van der Waals surface area (Å²) in [6.45, 7) is 8.33. The van der Waals surface area contributed by atoms with Crippen molar-refractivity contribution in [1.29, 1.82) is 0 Å². The standard InChI is InChI=1S/C15H23F3N2O2.C10H16N2O3S.CH5N/c1-11-3-2-8-20(11)14(22)5-4-13(21)19-9-6-12(7-10-19)15(16,17)18;1-3-7(2)9(11-6-13)10(14)12-16(15)8-4-5-8;1-2/h11-12H,2-10H2,1H3;3,6-9H,1,4-5H2,2H3,(H,11,13)(H,12,14);2H2,1H3/t11-;;/m1../s1. The predicted molar refractivity (Wildman–Crippen MR) is 147 cm³/mol. The molecule has 2 aliphatic heterocycles. The van der Waals surface area contributed by atoms with Crippen LogP contribution in [0.4, 0.5) is 13.2 Å². The van der Waals surface area contributed by atoms with Gasteiger partial charge in [-0.1, -0.05) is 13.0 Å². The lowest BCUT2D eigenvalue weighted by Gasteiger charge is -2.33. The lowest BCUT2D eigenvalue weighted by molar-refractivity contribution is -0.186. The average Bonchev–Trinajstić information content (AvgIpc) is 3.71. The largest absolute Gasteiger partial charge is 0.391 e. The summed E-state index contributed by atoms with van der Waals surface area (Å²) in [6.07, 6.45) is 1.80. The molecule has 4 amide bonds. The van der Waals surface area contributed by atoms with E-state index in [4.69, 9.17) is 0 Å². The third-order valence-electron chi connectivity index (χ3n) is 7.19. The Labute approximate surface area is 237 Å². The molecule has 14 heteroatoms. The maximum absolute atomic E-state index is 12.6. The van der Waals surface area contributed by atoms with Gasteiger partial charge in [0.1, 0.15) is 17.0 Å². The van der Waals surface area contributed by atoms with E-state index in [9.17, 15) is 36.6 Å². The quantitative estimate of drug-likeness (QED) is 0.261. The molecule has 3 fully saturated rings. The van der Waals surface area contributed by atoms with Gasteiger partial charge in [0.2, 0.25) is 18.2 Å².